The molecule has 0 aromatic rings. The summed E-state index contributed by atoms with van der Waals surface area (Å²) in [5, 5.41) is 10.6. The molecule has 5 atom stereocenters. The minimum absolute atomic E-state index is 0.109. The van der Waals surface area contributed by atoms with Crippen LogP contribution in [0.15, 0.2) is 0 Å². The van der Waals surface area contributed by atoms with Crippen LogP contribution in [0.3, 0.4) is 0 Å². The van der Waals surface area contributed by atoms with Crippen LogP contribution in [0.25, 0.3) is 0 Å². The van der Waals surface area contributed by atoms with Gasteiger partial charge in [-0.2, -0.15) is 0 Å². The average Bonchev–Trinajstić information content (AvgIpc) is 1.06. The van der Waals surface area contributed by atoms with E-state index in [2.05, 4.69) is 34.6 Å². The zero-order valence-corrected chi connectivity index (χ0v) is 65.7. The lowest BCUT2D eigenvalue weighted by molar-refractivity contribution is -0.161. The van der Waals surface area contributed by atoms with Crippen LogP contribution in [0.2, 0.25) is 0 Å². The van der Waals surface area contributed by atoms with Gasteiger partial charge in [-0.15, -0.1) is 0 Å². The fourth-order valence-electron chi connectivity index (χ4n) is 12.2. The average molecular weight is 1440 g/mol. The van der Waals surface area contributed by atoms with Crippen molar-refractivity contribution >= 4 is 39.5 Å². The predicted molar refractivity (Wildman–Crippen MR) is 400 cm³/mol. The van der Waals surface area contributed by atoms with Crippen molar-refractivity contribution in [2.24, 2.45) is 5.92 Å². The summed E-state index contributed by atoms with van der Waals surface area (Å²) in [7, 11) is -9.92. The Labute approximate surface area is 600 Å². The number of hydrogen-bond donors (Lipinski definition) is 3. The molecule has 2 unspecified atom stereocenters. The van der Waals surface area contributed by atoms with Gasteiger partial charge in [0.1, 0.15) is 19.3 Å². The van der Waals surface area contributed by atoms with E-state index in [9.17, 15) is 43.2 Å². The van der Waals surface area contributed by atoms with Crippen LogP contribution >= 0.6 is 15.6 Å². The van der Waals surface area contributed by atoms with Crippen molar-refractivity contribution in [3.63, 3.8) is 0 Å². The Morgan fingerprint density at radius 1 is 0.276 bits per heavy atom. The number of carbonyl (C=O) groups is 4. The maximum Gasteiger partial charge on any atom is 0.472 e. The molecule has 3 N–H and O–H groups in total. The minimum atomic E-state index is -4.96. The van der Waals surface area contributed by atoms with E-state index in [0.717, 1.165) is 95.8 Å². The van der Waals surface area contributed by atoms with Gasteiger partial charge in [-0.25, -0.2) is 9.13 Å². The highest BCUT2D eigenvalue weighted by Crippen LogP contribution is 2.45. The van der Waals surface area contributed by atoms with Crippen LogP contribution in [-0.2, 0) is 65.4 Å². The molecule has 0 rings (SSSR count). The van der Waals surface area contributed by atoms with Crippen molar-refractivity contribution in [1.29, 1.82) is 0 Å². The van der Waals surface area contributed by atoms with E-state index in [1.54, 1.807) is 0 Å². The van der Waals surface area contributed by atoms with E-state index in [1.165, 1.54) is 244 Å². The summed E-state index contributed by atoms with van der Waals surface area (Å²) < 4.78 is 68.7. The lowest BCUT2D eigenvalue weighted by Gasteiger charge is -2.21. The number of ether oxygens (including phenoxy) is 4. The second kappa shape index (κ2) is 72.0. The number of rotatable bonds is 79. The molecule has 0 amide bonds. The van der Waals surface area contributed by atoms with Gasteiger partial charge in [-0.05, 0) is 31.6 Å². The van der Waals surface area contributed by atoms with E-state index in [-0.39, 0.29) is 25.7 Å². The lowest BCUT2D eigenvalue weighted by atomic mass is 10.0. The Balaban J connectivity index is 5.25. The molecule has 0 aromatic heterocycles. The molecule has 17 nitrogen and oxygen atoms in total. The molecule has 0 aliphatic carbocycles. The van der Waals surface area contributed by atoms with Crippen LogP contribution in [0, 0.1) is 5.92 Å². The number of aliphatic hydroxyl groups is 1. The van der Waals surface area contributed by atoms with Crippen LogP contribution < -0.4 is 0 Å². The Morgan fingerprint density at radius 2 is 0.469 bits per heavy atom. The van der Waals surface area contributed by atoms with Crippen molar-refractivity contribution in [3.05, 3.63) is 0 Å². The molecular formula is C79H154O17P2. The van der Waals surface area contributed by atoms with Gasteiger partial charge >= 0.3 is 39.5 Å². The van der Waals surface area contributed by atoms with Crippen LogP contribution in [-0.4, -0.2) is 96.7 Å². The largest absolute Gasteiger partial charge is 0.472 e. The van der Waals surface area contributed by atoms with Crippen LogP contribution in [0.4, 0.5) is 0 Å². The van der Waals surface area contributed by atoms with Crippen molar-refractivity contribution < 1.29 is 80.2 Å². The third kappa shape index (κ3) is 72.4. The first-order valence-corrected chi connectivity index (χ1v) is 44.1. The van der Waals surface area contributed by atoms with E-state index in [1.807, 2.05) is 0 Å². The SMILES string of the molecule is CCCCCCCCCCCCCCCCCCCCC(=O)O[C@H](COC(=O)CCCCCCCCCCCCCC(C)C)COP(=O)(O)OC[C@@H](O)COP(=O)(O)OC[C@@H](COC(=O)CCCCCCCCCCCCCC)OC(=O)CCCCCCCCCCCCCCCC. The predicted octanol–water partition coefficient (Wildman–Crippen LogP) is 23.6. The highest BCUT2D eigenvalue weighted by atomic mass is 31.2. The van der Waals surface area contributed by atoms with Gasteiger partial charge in [-0.1, -0.05) is 369 Å². The summed E-state index contributed by atoms with van der Waals surface area (Å²) in [6, 6.07) is 0. The summed E-state index contributed by atoms with van der Waals surface area (Å²) in [5.41, 5.74) is 0. The summed E-state index contributed by atoms with van der Waals surface area (Å²) in [6.07, 6.45) is 62.2. The number of hydrogen-bond acceptors (Lipinski definition) is 15. The van der Waals surface area contributed by atoms with Gasteiger partial charge in [-0.3, -0.25) is 37.3 Å². The first kappa shape index (κ1) is 96.1. The summed E-state index contributed by atoms with van der Waals surface area (Å²) in [4.78, 5) is 73.0. The smallest absolute Gasteiger partial charge is 0.462 e. The highest BCUT2D eigenvalue weighted by Gasteiger charge is 2.30. The molecule has 98 heavy (non-hydrogen) atoms. The molecule has 0 spiro atoms. The number of esters is 4. The third-order valence-electron chi connectivity index (χ3n) is 18.5. The minimum Gasteiger partial charge on any atom is -0.462 e. The van der Waals surface area contributed by atoms with E-state index >= 15 is 0 Å². The molecule has 0 aromatic carbocycles. The molecule has 582 valence electrons. The standard InChI is InChI=1S/C79H154O17P2/c1-6-9-12-15-18-21-24-27-29-30-31-32-34-39-45-50-55-60-65-79(84)96-75(69-90-77(82)63-58-53-48-43-40-35-36-41-46-51-56-61-72(4)5)71-94-98(87,88)92-67-73(80)66-91-97(85,86)93-70-74(68-89-76(81)62-57-52-47-42-37-26-23-20-17-14-11-8-3)95-78(83)64-59-54-49-44-38-33-28-25-22-19-16-13-10-7-2/h72-75,80H,6-71H2,1-5H3,(H,85,86)(H,87,88)/t73-,74+,75+/m0/s1. The van der Waals surface area contributed by atoms with Crippen molar-refractivity contribution in [3.8, 4) is 0 Å². The Kier molecular flexibility index (Phi) is 70.6. The van der Waals surface area contributed by atoms with Crippen molar-refractivity contribution in [2.75, 3.05) is 39.6 Å². The maximum atomic E-state index is 13.1. The van der Waals surface area contributed by atoms with Crippen molar-refractivity contribution in [2.45, 2.75) is 438 Å². The molecule has 0 aliphatic heterocycles. The normalized spacial score (nSPS) is 13.9. The summed E-state index contributed by atoms with van der Waals surface area (Å²) in [5.74, 6) is -1.34. The molecule has 0 aliphatic rings. The topological polar surface area (TPSA) is 237 Å². The molecule has 0 heterocycles. The van der Waals surface area contributed by atoms with Gasteiger partial charge in [0, 0.05) is 25.7 Å². The third-order valence-corrected chi connectivity index (χ3v) is 20.4. The Hall–Kier alpha value is -1.94. The number of phosphoric acid groups is 2. The second-order valence-electron chi connectivity index (χ2n) is 28.9. The van der Waals surface area contributed by atoms with Gasteiger partial charge in [0.25, 0.3) is 0 Å². The summed E-state index contributed by atoms with van der Waals surface area (Å²) in [6.45, 7) is 7.33. The van der Waals surface area contributed by atoms with Crippen LogP contribution in [0.1, 0.15) is 420 Å². The second-order valence-corrected chi connectivity index (χ2v) is 31.8. The van der Waals surface area contributed by atoms with Crippen LogP contribution in [0.5, 0.6) is 0 Å². The van der Waals surface area contributed by atoms with E-state index in [0.29, 0.717) is 25.7 Å². The molecule has 19 heteroatoms. The maximum absolute atomic E-state index is 13.1. The Morgan fingerprint density at radius 3 is 0.694 bits per heavy atom. The van der Waals surface area contributed by atoms with E-state index in [4.69, 9.17) is 37.0 Å². The first-order chi connectivity index (χ1) is 47.5. The number of carbonyl (C=O) groups excluding carboxylic acids is 4. The molecule has 0 bridgehead atoms. The fourth-order valence-corrected chi connectivity index (χ4v) is 13.8. The fraction of sp³-hybridized carbons (Fsp3) is 0.949. The molecule has 0 saturated heterocycles. The number of phosphoric ester groups is 2. The molecular weight excluding hydrogens is 1280 g/mol. The van der Waals surface area contributed by atoms with E-state index < -0.39 is 97.5 Å². The highest BCUT2D eigenvalue weighted by molar-refractivity contribution is 7.47. The number of aliphatic hydroxyl groups excluding tert-OH is 1. The monoisotopic (exact) mass is 1440 g/mol. The zero-order valence-electron chi connectivity index (χ0n) is 63.9. The molecule has 0 saturated carbocycles. The zero-order chi connectivity index (χ0) is 71.9. The lowest BCUT2D eigenvalue weighted by Crippen LogP contribution is -2.30. The van der Waals surface area contributed by atoms with Gasteiger partial charge in [0.15, 0.2) is 12.2 Å². The molecule has 0 radical (unpaired) electrons. The number of unbranched alkanes of at least 4 members (excludes halogenated alkanes) is 51. The quantitative estimate of drug-likeness (QED) is 0.0222. The first-order valence-electron chi connectivity index (χ1n) is 41.1. The Bertz CT molecular complexity index is 1870. The molecule has 0 fully saturated rings. The van der Waals surface area contributed by atoms with Gasteiger partial charge < -0.3 is 33.8 Å². The van der Waals surface area contributed by atoms with Gasteiger partial charge in [0.05, 0.1) is 26.4 Å². The summed E-state index contributed by atoms with van der Waals surface area (Å²) >= 11 is 0. The van der Waals surface area contributed by atoms with Crippen molar-refractivity contribution in [1.82, 2.24) is 0 Å². The van der Waals surface area contributed by atoms with Gasteiger partial charge in [0.2, 0.25) is 0 Å².